The van der Waals surface area contributed by atoms with Crippen LogP contribution in [0.25, 0.3) is 74.8 Å². The van der Waals surface area contributed by atoms with Crippen LogP contribution in [0.3, 0.4) is 0 Å². The maximum Gasteiger partial charge on any atom is 0.0561 e. The van der Waals surface area contributed by atoms with Crippen LogP contribution < -0.4 is 19.6 Å². The van der Waals surface area contributed by atoms with Crippen molar-refractivity contribution in [1.29, 1.82) is 0 Å². The van der Waals surface area contributed by atoms with Crippen molar-refractivity contribution >= 4 is 143 Å². The fourth-order valence-corrected chi connectivity index (χ4v) is 11.4. The molecule has 0 saturated carbocycles. The lowest BCUT2D eigenvalue weighted by molar-refractivity contribution is 1.26. The molecule has 12 rings (SSSR count). The average molecular weight is 1070 g/mol. The molecule has 0 aliphatic carbocycles. The van der Waals surface area contributed by atoms with E-state index in [4.69, 9.17) is 0 Å². The van der Waals surface area contributed by atoms with Gasteiger partial charge in [0.25, 0.3) is 0 Å². The minimum absolute atomic E-state index is 0.993. The van der Waals surface area contributed by atoms with Gasteiger partial charge in [0.1, 0.15) is 0 Å². The molecule has 0 N–H and O–H groups in total. The first kappa shape index (κ1) is 52.7. The molecule has 0 aliphatic heterocycles. The van der Waals surface area contributed by atoms with Gasteiger partial charge in [-0.15, -0.1) is 0 Å². The van der Waals surface area contributed by atoms with Crippen LogP contribution in [0.4, 0.5) is 68.2 Å². The Bertz CT molecular complexity index is 4120. The van der Waals surface area contributed by atoms with Crippen LogP contribution in [0, 0.1) is 6.92 Å². The summed E-state index contributed by atoms with van der Waals surface area (Å²) in [5.41, 5.74) is 20.4. The molecule has 0 bridgehead atoms. The standard InChI is InChI=1S/C79H62N4/c1-9-55-18-34-63(35-19-55)80(62-32-16-54(8)17-33-62)74-52-75(81(64-36-20-56(10-2)21-37-64)65-38-22-57(11-3)23-39-65)71-50-51-73-77(83(68-44-28-60(14-6)29-45-68)69-46-30-61(15-7)31-47-69)53-76(72-49-48-70(74)78(71)79(72)73)82(66-40-24-58(12-4)25-41-66)67-42-26-59(13-5)27-43-67/h9-53H,1-7H2,8H3. The van der Waals surface area contributed by atoms with Gasteiger partial charge in [0.2, 0.25) is 0 Å². The number of hydrogen-bond donors (Lipinski definition) is 0. The van der Waals surface area contributed by atoms with Gasteiger partial charge in [0.05, 0.1) is 22.7 Å². The molecule has 0 unspecified atom stereocenters. The van der Waals surface area contributed by atoms with E-state index in [-0.39, 0.29) is 0 Å². The highest BCUT2D eigenvalue weighted by atomic mass is 15.2. The van der Waals surface area contributed by atoms with E-state index in [2.05, 4.69) is 303 Å². The molecule has 0 amide bonds. The zero-order valence-electron chi connectivity index (χ0n) is 46.7. The zero-order valence-corrected chi connectivity index (χ0v) is 46.7. The molecular formula is C79H62N4. The van der Waals surface area contributed by atoms with E-state index < -0.39 is 0 Å². The molecular weight excluding hydrogens is 1000 g/mol. The highest BCUT2D eigenvalue weighted by molar-refractivity contribution is 6.33. The number of rotatable bonds is 19. The molecule has 0 atom stereocenters. The van der Waals surface area contributed by atoms with Crippen molar-refractivity contribution in [3.8, 4) is 0 Å². The van der Waals surface area contributed by atoms with Gasteiger partial charge in [0, 0.05) is 77.8 Å². The minimum Gasteiger partial charge on any atom is -0.310 e. The molecule has 12 aromatic carbocycles. The second kappa shape index (κ2) is 22.7. The first-order chi connectivity index (χ1) is 40.7. The fourth-order valence-electron chi connectivity index (χ4n) is 11.4. The third-order valence-electron chi connectivity index (χ3n) is 15.8. The van der Waals surface area contributed by atoms with Crippen LogP contribution in [0.15, 0.2) is 277 Å². The molecule has 0 heterocycles. The van der Waals surface area contributed by atoms with Gasteiger partial charge >= 0.3 is 0 Å². The lowest BCUT2D eigenvalue weighted by atomic mass is 9.89. The maximum absolute atomic E-state index is 4.12. The predicted octanol–water partition coefficient (Wildman–Crippen LogP) is 23.3. The number of anilines is 12. The topological polar surface area (TPSA) is 13.0 Å². The molecule has 0 spiro atoms. The summed E-state index contributed by atoms with van der Waals surface area (Å²) in [4.78, 5) is 9.59. The van der Waals surface area contributed by atoms with Gasteiger partial charge in [-0.1, -0.05) is 215 Å². The Morgan fingerprint density at radius 2 is 0.373 bits per heavy atom. The Balaban J connectivity index is 1.29. The molecule has 4 heteroatoms. The highest BCUT2D eigenvalue weighted by Gasteiger charge is 2.29. The summed E-state index contributed by atoms with van der Waals surface area (Å²) in [5, 5.41) is 6.52. The zero-order chi connectivity index (χ0) is 57.1. The second-order valence-corrected chi connectivity index (χ2v) is 20.6. The van der Waals surface area contributed by atoms with E-state index in [1.165, 1.54) is 5.56 Å². The average Bonchev–Trinajstić information content (AvgIpc) is 3.34. The van der Waals surface area contributed by atoms with Crippen molar-refractivity contribution in [2.45, 2.75) is 6.92 Å². The van der Waals surface area contributed by atoms with Crippen LogP contribution in [0.5, 0.6) is 0 Å². The number of nitrogens with zero attached hydrogens (tertiary/aromatic N) is 4. The quantitative estimate of drug-likeness (QED) is 0.0748. The molecule has 12 aromatic rings. The Morgan fingerprint density at radius 1 is 0.217 bits per heavy atom. The molecule has 0 saturated heterocycles. The minimum atomic E-state index is 0.993. The van der Waals surface area contributed by atoms with Gasteiger partial charge in [-0.25, -0.2) is 0 Å². The monoisotopic (exact) mass is 1070 g/mol. The normalized spacial score (nSPS) is 11.0. The lowest BCUT2D eigenvalue weighted by Gasteiger charge is -2.34. The molecule has 0 fully saturated rings. The summed E-state index contributed by atoms with van der Waals surface area (Å²) in [6, 6.07) is 83.6. The summed E-state index contributed by atoms with van der Waals surface area (Å²) in [6.07, 6.45) is 13.2. The van der Waals surface area contributed by atoms with Gasteiger partial charge in [-0.05, 0) is 155 Å². The Kier molecular flexibility index (Phi) is 14.4. The third kappa shape index (κ3) is 9.90. The van der Waals surface area contributed by atoms with Crippen LogP contribution in [-0.4, -0.2) is 0 Å². The molecule has 0 aliphatic rings. The first-order valence-corrected chi connectivity index (χ1v) is 27.9. The second-order valence-electron chi connectivity index (χ2n) is 20.6. The largest absolute Gasteiger partial charge is 0.310 e. The molecule has 398 valence electrons. The van der Waals surface area contributed by atoms with E-state index in [1.54, 1.807) is 0 Å². The van der Waals surface area contributed by atoms with E-state index in [1.807, 2.05) is 42.5 Å². The Labute approximate surface area is 488 Å². The highest BCUT2D eigenvalue weighted by Crippen LogP contribution is 2.55. The van der Waals surface area contributed by atoms with Crippen molar-refractivity contribution in [3.63, 3.8) is 0 Å². The van der Waals surface area contributed by atoms with Gasteiger partial charge in [-0.3, -0.25) is 0 Å². The van der Waals surface area contributed by atoms with Crippen molar-refractivity contribution in [2.24, 2.45) is 0 Å². The van der Waals surface area contributed by atoms with Crippen LogP contribution in [-0.2, 0) is 0 Å². The smallest absolute Gasteiger partial charge is 0.0561 e. The summed E-state index contributed by atoms with van der Waals surface area (Å²) in [5.74, 6) is 0. The molecule has 0 aromatic heterocycles. The van der Waals surface area contributed by atoms with Crippen molar-refractivity contribution in [1.82, 2.24) is 0 Å². The SMILES string of the molecule is C=Cc1ccc(N(c2ccc(C)cc2)c2cc(N(c3ccc(C=C)cc3)c3ccc(C=C)cc3)c3ccc4c(N(c5ccc(C=C)cc5)c5ccc(C=C)cc5)cc(N(c5ccc(C=C)cc5)c5ccc(C=C)cc5)c5ccc2c3c54)cc1. The number of aryl methyl sites for hydroxylation is 1. The van der Waals surface area contributed by atoms with E-state index in [0.717, 1.165) is 140 Å². The van der Waals surface area contributed by atoms with E-state index >= 15 is 0 Å². The number of hydrogen-bond acceptors (Lipinski definition) is 4. The summed E-state index contributed by atoms with van der Waals surface area (Å²) < 4.78 is 0. The van der Waals surface area contributed by atoms with Crippen molar-refractivity contribution in [3.05, 3.63) is 321 Å². The summed E-state index contributed by atoms with van der Waals surface area (Å²) in [7, 11) is 0. The van der Waals surface area contributed by atoms with E-state index in [0.29, 0.717) is 0 Å². The lowest BCUT2D eigenvalue weighted by Crippen LogP contribution is -2.16. The van der Waals surface area contributed by atoms with Crippen LogP contribution in [0.1, 0.15) is 44.5 Å². The fraction of sp³-hybridized carbons (Fsp3) is 0.0127. The molecule has 4 nitrogen and oxygen atoms in total. The van der Waals surface area contributed by atoms with Crippen molar-refractivity contribution < 1.29 is 0 Å². The first-order valence-electron chi connectivity index (χ1n) is 27.9. The summed E-state index contributed by atoms with van der Waals surface area (Å²) >= 11 is 0. The van der Waals surface area contributed by atoms with Gasteiger partial charge in [0.15, 0.2) is 0 Å². The predicted molar refractivity (Wildman–Crippen MR) is 364 cm³/mol. The number of benzene rings is 12. The van der Waals surface area contributed by atoms with Crippen LogP contribution >= 0.6 is 0 Å². The molecule has 0 radical (unpaired) electrons. The van der Waals surface area contributed by atoms with Crippen molar-refractivity contribution in [2.75, 3.05) is 19.6 Å². The Morgan fingerprint density at radius 3 is 0.530 bits per heavy atom. The Hall–Kier alpha value is -10.9. The summed E-state index contributed by atoms with van der Waals surface area (Å²) in [6.45, 7) is 31.0. The molecule has 83 heavy (non-hydrogen) atoms. The third-order valence-corrected chi connectivity index (χ3v) is 15.8. The van der Waals surface area contributed by atoms with E-state index in [9.17, 15) is 0 Å². The van der Waals surface area contributed by atoms with Crippen LogP contribution in [0.2, 0.25) is 0 Å². The van der Waals surface area contributed by atoms with Gasteiger partial charge in [-0.2, -0.15) is 0 Å². The van der Waals surface area contributed by atoms with Gasteiger partial charge < -0.3 is 19.6 Å². The maximum atomic E-state index is 4.12.